The number of carboxylic acids is 1. The molecular weight excluding hydrogens is 1040 g/mol. The maximum Gasteiger partial charge on any atom is 0.335 e. The SMILES string of the molecule is CC/C=C\C/C=C\C/C=C\C/C=C\CCCCCCCCC(=O)OCC(COC1OC(C(=O)O)C(O)C(O)C1OC(=O)CCCCCCC/C=C\C/C=C\CCCCC)OC(=O)CCCCCCCCCCCCCCCCCCCCC. The van der Waals surface area contributed by atoms with Crippen molar-refractivity contribution in [2.75, 3.05) is 13.2 Å². The fourth-order valence-corrected chi connectivity index (χ4v) is 10.1. The van der Waals surface area contributed by atoms with Gasteiger partial charge in [-0.05, 0) is 89.9 Å². The predicted molar refractivity (Wildman–Crippen MR) is 340 cm³/mol. The normalized spacial score (nSPS) is 18.0. The molecule has 1 fully saturated rings. The van der Waals surface area contributed by atoms with Crippen LogP contribution in [0.3, 0.4) is 0 Å². The molecule has 12 nitrogen and oxygen atoms in total. The molecule has 3 N–H and O–H groups in total. The number of carboxylic acid groups (broad SMARTS) is 1. The summed E-state index contributed by atoms with van der Waals surface area (Å²) >= 11 is 0. The highest BCUT2D eigenvalue weighted by molar-refractivity contribution is 5.74. The number of carbonyl (C=O) groups excluding carboxylic acids is 3. The van der Waals surface area contributed by atoms with Gasteiger partial charge in [-0.25, -0.2) is 4.79 Å². The van der Waals surface area contributed by atoms with E-state index in [9.17, 15) is 34.5 Å². The second kappa shape index (κ2) is 58.5. The summed E-state index contributed by atoms with van der Waals surface area (Å²) in [7, 11) is 0. The van der Waals surface area contributed by atoms with E-state index in [1.165, 1.54) is 116 Å². The Bertz CT molecular complexity index is 1720. The van der Waals surface area contributed by atoms with E-state index >= 15 is 0 Å². The zero-order chi connectivity index (χ0) is 60.3. The van der Waals surface area contributed by atoms with Crippen LogP contribution in [0.15, 0.2) is 72.9 Å². The highest BCUT2D eigenvalue weighted by Gasteiger charge is 2.50. The number of aliphatic hydroxyl groups is 2. The summed E-state index contributed by atoms with van der Waals surface area (Å²) in [6.45, 7) is 5.88. The number of hydrogen-bond acceptors (Lipinski definition) is 11. The maximum absolute atomic E-state index is 13.2. The number of aliphatic hydroxyl groups excluding tert-OH is 2. The van der Waals surface area contributed by atoms with Crippen LogP contribution in [0.2, 0.25) is 0 Å². The molecule has 0 aliphatic carbocycles. The smallest absolute Gasteiger partial charge is 0.335 e. The molecule has 1 heterocycles. The van der Waals surface area contributed by atoms with E-state index in [1.807, 2.05) is 0 Å². The summed E-state index contributed by atoms with van der Waals surface area (Å²) < 4.78 is 28.6. The molecule has 6 unspecified atom stereocenters. The maximum atomic E-state index is 13.2. The van der Waals surface area contributed by atoms with E-state index in [-0.39, 0.29) is 25.9 Å². The molecular formula is C71H122O12. The van der Waals surface area contributed by atoms with Gasteiger partial charge >= 0.3 is 23.9 Å². The van der Waals surface area contributed by atoms with Crippen LogP contribution in [-0.2, 0) is 42.9 Å². The molecule has 1 rings (SSSR count). The van der Waals surface area contributed by atoms with Crippen molar-refractivity contribution in [3.63, 3.8) is 0 Å². The average molecular weight is 1170 g/mol. The first-order valence-corrected chi connectivity index (χ1v) is 33.9. The molecule has 1 saturated heterocycles. The predicted octanol–water partition coefficient (Wildman–Crippen LogP) is 18.5. The number of ether oxygens (including phenoxy) is 5. The topological polar surface area (TPSA) is 175 Å². The van der Waals surface area contributed by atoms with Crippen molar-refractivity contribution in [1.82, 2.24) is 0 Å². The molecule has 6 atom stereocenters. The summed E-state index contributed by atoms with van der Waals surface area (Å²) in [6, 6.07) is 0. The number of esters is 3. The Balaban J connectivity index is 2.65. The van der Waals surface area contributed by atoms with Crippen LogP contribution in [0, 0.1) is 0 Å². The summed E-state index contributed by atoms with van der Waals surface area (Å²) in [5, 5.41) is 31.6. The van der Waals surface area contributed by atoms with E-state index in [0.29, 0.717) is 19.3 Å². The lowest BCUT2D eigenvalue weighted by atomic mass is 9.98. The molecule has 0 aromatic rings. The van der Waals surface area contributed by atoms with Crippen LogP contribution in [-0.4, -0.2) is 89.2 Å². The van der Waals surface area contributed by atoms with E-state index in [2.05, 4.69) is 93.7 Å². The summed E-state index contributed by atoms with van der Waals surface area (Å²) in [5.74, 6) is -3.13. The molecule has 0 saturated carbocycles. The van der Waals surface area contributed by atoms with Gasteiger partial charge in [-0.2, -0.15) is 0 Å². The van der Waals surface area contributed by atoms with Crippen LogP contribution in [0.4, 0.5) is 0 Å². The van der Waals surface area contributed by atoms with Crippen molar-refractivity contribution < 1.29 is 58.2 Å². The lowest BCUT2D eigenvalue weighted by molar-refractivity contribution is -0.301. The number of rotatable bonds is 58. The van der Waals surface area contributed by atoms with Gasteiger partial charge in [-0.1, -0.05) is 267 Å². The largest absolute Gasteiger partial charge is 0.479 e. The van der Waals surface area contributed by atoms with Crippen molar-refractivity contribution >= 4 is 23.9 Å². The van der Waals surface area contributed by atoms with Gasteiger partial charge in [-0.3, -0.25) is 14.4 Å². The number of hydrogen-bond donors (Lipinski definition) is 3. The van der Waals surface area contributed by atoms with E-state index in [0.717, 1.165) is 128 Å². The van der Waals surface area contributed by atoms with Crippen molar-refractivity contribution in [3.05, 3.63) is 72.9 Å². The average Bonchev–Trinajstić information content (AvgIpc) is 3.58. The Kier molecular flexibility index (Phi) is 54.4. The fraction of sp³-hybridized carbons (Fsp3) is 0.775. The van der Waals surface area contributed by atoms with Gasteiger partial charge in [0.05, 0.1) is 6.61 Å². The summed E-state index contributed by atoms with van der Waals surface area (Å²) in [6.07, 6.45) is 62.8. The molecule has 0 aromatic carbocycles. The Morgan fingerprint density at radius 2 is 0.759 bits per heavy atom. The molecule has 0 spiro atoms. The van der Waals surface area contributed by atoms with E-state index in [1.54, 1.807) is 0 Å². The minimum atomic E-state index is -1.91. The van der Waals surface area contributed by atoms with Crippen LogP contribution >= 0.6 is 0 Å². The van der Waals surface area contributed by atoms with Gasteiger partial charge in [-0.15, -0.1) is 0 Å². The second-order valence-electron chi connectivity index (χ2n) is 23.1. The second-order valence-corrected chi connectivity index (χ2v) is 23.1. The monoisotopic (exact) mass is 1170 g/mol. The summed E-state index contributed by atoms with van der Waals surface area (Å²) in [4.78, 5) is 51.4. The van der Waals surface area contributed by atoms with Gasteiger partial charge in [0.2, 0.25) is 0 Å². The number of carbonyl (C=O) groups is 4. The van der Waals surface area contributed by atoms with Crippen LogP contribution in [0.25, 0.3) is 0 Å². The third-order valence-electron chi connectivity index (χ3n) is 15.3. The fourth-order valence-electron chi connectivity index (χ4n) is 10.1. The minimum absolute atomic E-state index is 0.0429. The third kappa shape index (κ3) is 48.0. The molecule has 83 heavy (non-hydrogen) atoms. The van der Waals surface area contributed by atoms with Gasteiger partial charge in [0.15, 0.2) is 24.6 Å². The van der Waals surface area contributed by atoms with E-state index < -0.39 is 67.3 Å². The Hall–Kier alpha value is -3.84. The third-order valence-corrected chi connectivity index (χ3v) is 15.3. The molecule has 1 aliphatic rings. The Morgan fingerprint density at radius 3 is 1.18 bits per heavy atom. The Morgan fingerprint density at radius 1 is 0.410 bits per heavy atom. The number of unbranched alkanes of at least 4 members (excludes halogenated alkanes) is 32. The van der Waals surface area contributed by atoms with Gasteiger partial charge in [0.25, 0.3) is 0 Å². The summed E-state index contributed by atoms with van der Waals surface area (Å²) in [5.41, 5.74) is 0. The van der Waals surface area contributed by atoms with Gasteiger partial charge in [0, 0.05) is 19.3 Å². The first-order valence-electron chi connectivity index (χ1n) is 33.9. The quantitative estimate of drug-likeness (QED) is 0.0228. The number of allylic oxidation sites excluding steroid dienone is 12. The molecule has 1 aliphatic heterocycles. The molecule has 0 amide bonds. The van der Waals surface area contributed by atoms with Crippen molar-refractivity contribution in [3.8, 4) is 0 Å². The van der Waals surface area contributed by atoms with Crippen molar-refractivity contribution in [2.24, 2.45) is 0 Å². The molecule has 0 radical (unpaired) electrons. The van der Waals surface area contributed by atoms with Crippen LogP contribution in [0.5, 0.6) is 0 Å². The van der Waals surface area contributed by atoms with Crippen LogP contribution < -0.4 is 0 Å². The zero-order valence-corrected chi connectivity index (χ0v) is 52.9. The minimum Gasteiger partial charge on any atom is -0.479 e. The van der Waals surface area contributed by atoms with E-state index in [4.69, 9.17) is 23.7 Å². The first kappa shape index (κ1) is 77.2. The highest BCUT2D eigenvalue weighted by atomic mass is 16.7. The molecule has 12 heteroatoms. The lowest BCUT2D eigenvalue weighted by Crippen LogP contribution is -2.61. The first-order chi connectivity index (χ1) is 40.6. The highest BCUT2D eigenvalue weighted by Crippen LogP contribution is 2.27. The van der Waals surface area contributed by atoms with Crippen molar-refractivity contribution in [2.45, 2.75) is 340 Å². The van der Waals surface area contributed by atoms with Crippen molar-refractivity contribution in [1.29, 1.82) is 0 Å². The molecule has 0 bridgehead atoms. The standard InChI is InChI=1S/C71H122O12/c1-4-7-10-13-16-19-22-25-28-30-32-34-37-39-42-45-48-51-54-57-63(72)79-60-62(81-64(73)58-55-52-49-46-43-41-38-35-33-31-29-26-23-20-17-14-11-8-5-2)61-80-71-69(67(76)66(75)68(83-71)70(77)78)82-65(74)59-56-53-50-47-44-40-36-27-24-21-18-15-12-9-6-3/h7,10,16,18-19,21,25,27-28,32,34,36,62,66-69,71,75-76H,4-6,8-9,11-15,17,20,22-24,26,29-31,33,35,37-61H2,1-3H3,(H,77,78)/b10-7-,19-16-,21-18-,28-25-,34-32-,36-27-. The van der Waals surface area contributed by atoms with Gasteiger partial charge < -0.3 is 39.0 Å². The zero-order valence-electron chi connectivity index (χ0n) is 52.9. The van der Waals surface area contributed by atoms with Crippen LogP contribution in [0.1, 0.15) is 303 Å². The Labute approximate surface area is 506 Å². The lowest BCUT2D eigenvalue weighted by Gasteiger charge is -2.40. The molecule has 478 valence electrons. The van der Waals surface area contributed by atoms with Gasteiger partial charge in [0.1, 0.15) is 18.8 Å². The number of aliphatic carboxylic acids is 1. The molecule has 0 aromatic heterocycles.